The largest absolute Gasteiger partial charge is 0.495 e. The molecule has 0 heterocycles. The standard InChI is InChI=1S/C17H14Cl2N2O6/c1-9(16(22)20-10-3-6-15(26-2)14(19)7-10)27-17(23)12-5-4-11(21(24)25)8-13(12)18/h3-9H,1-2H3,(H,20,22)/t9-/m1/s1. The lowest BCUT2D eigenvalue weighted by molar-refractivity contribution is -0.384. The van der Waals surface area contributed by atoms with Crippen molar-refractivity contribution >= 4 is 46.5 Å². The molecule has 0 aliphatic rings. The van der Waals surface area contributed by atoms with Crippen molar-refractivity contribution < 1.29 is 24.0 Å². The number of nitro groups is 1. The number of non-ortho nitro benzene ring substituents is 1. The van der Waals surface area contributed by atoms with Crippen molar-refractivity contribution in [3.8, 4) is 5.75 Å². The quantitative estimate of drug-likeness (QED) is 0.434. The summed E-state index contributed by atoms with van der Waals surface area (Å²) in [5.74, 6) is -1.03. The number of rotatable bonds is 6. The maximum Gasteiger partial charge on any atom is 0.340 e. The third kappa shape index (κ3) is 5.08. The highest BCUT2D eigenvalue weighted by Gasteiger charge is 2.22. The van der Waals surface area contributed by atoms with Gasteiger partial charge in [-0.2, -0.15) is 0 Å². The van der Waals surface area contributed by atoms with E-state index in [-0.39, 0.29) is 16.3 Å². The number of hydrogen-bond donors (Lipinski definition) is 1. The Morgan fingerprint density at radius 2 is 1.85 bits per heavy atom. The number of nitro benzene ring substituents is 1. The Balaban J connectivity index is 2.04. The van der Waals surface area contributed by atoms with Gasteiger partial charge in [0, 0.05) is 17.8 Å². The number of benzene rings is 2. The molecule has 8 nitrogen and oxygen atoms in total. The molecule has 0 aliphatic heterocycles. The van der Waals surface area contributed by atoms with E-state index < -0.39 is 22.9 Å². The summed E-state index contributed by atoms with van der Waals surface area (Å²) in [4.78, 5) is 34.4. The number of amides is 1. The van der Waals surface area contributed by atoms with Crippen molar-refractivity contribution in [1.29, 1.82) is 0 Å². The van der Waals surface area contributed by atoms with Crippen LogP contribution in [0.2, 0.25) is 10.0 Å². The summed E-state index contributed by atoms with van der Waals surface area (Å²) < 4.78 is 10.1. The van der Waals surface area contributed by atoms with E-state index in [0.29, 0.717) is 16.5 Å². The molecule has 0 aromatic heterocycles. The second-order valence-corrected chi connectivity index (χ2v) is 6.12. The Labute approximate surface area is 164 Å². The SMILES string of the molecule is COc1ccc(NC(=O)[C@@H](C)OC(=O)c2ccc([N+](=O)[O-])cc2Cl)cc1Cl. The zero-order valence-corrected chi connectivity index (χ0v) is 15.7. The Bertz CT molecular complexity index is 903. The topological polar surface area (TPSA) is 108 Å². The lowest BCUT2D eigenvalue weighted by Gasteiger charge is -2.14. The van der Waals surface area contributed by atoms with Crippen LogP contribution >= 0.6 is 23.2 Å². The van der Waals surface area contributed by atoms with Gasteiger partial charge in [0.25, 0.3) is 11.6 Å². The van der Waals surface area contributed by atoms with Crippen LogP contribution in [0.25, 0.3) is 0 Å². The fraction of sp³-hybridized carbons (Fsp3) is 0.176. The van der Waals surface area contributed by atoms with Crippen LogP contribution in [0.3, 0.4) is 0 Å². The predicted molar refractivity (Wildman–Crippen MR) is 99.6 cm³/mol. The number of carbonyl (C=O) groups is 2. The lowest BCUT2D eigenvalue weighted by Crippen LogP contribution is -2.30. The molecule has 1 N–H and O–H groups in total. The molecule has 0 bridgehead atoms. The normalized spacial score (nSPS) is 11.4. The first-order valence-corrected chi connectivity index (χ1v) is 8.28. The van der Waals surface area contributed by atoms with Crippen LogP contribution in [0.1, 0.15) is 17.3 Å². The lowest BCUT2D eigenvalue weighted by atomic mass is 10.2. The predicted octanol–water partition coefficient (Wildman–Crippen LogP) is 4.09. The third-order valence-corrected chi connectivity index (χ3v) is 4.06. The van der Waals surface area contributed by atoms with Crippen LogP contribution in [0.5, 0.6) is 5.75 Å². The minimum atomic E-state index is -1.15. The van der Waals surface area contributed by atoms with Gasteiger partial charge in [0.05, 0.1) is 27.6 Å². The van der Waals surface area contributed by atoms with Crippen LogP contribution in [0.4, 0.5) is 11.4 Å². The molecule has 0 saturated carbocycles. The molecule has 142 valence electrons. The fourth-order valence-electron chi connectivity index (χ4n) is 2.05. The number of halogens is 2. The van der Waals surface area contributed by atoms with Crippen molar-refractivity contribution in [2.24, 2.45) is 0 Å². The minimum Gasteiger partial charge on any atom is -0.495 e. The highest BCUT2D eigenvalue weighted by atomic mass is 35.5. The Morgan fingerprint density at radius 1 is 1.15 bits per heavy atom. The second-order valence-electron chi connectivity index (χ2n) is 5.31. The van der Waals surface area contributed by atoms with Crippen LogP contribution in [0, 0.1) is 10.1 Å². The van der Waals surface area contributed by atoms with Crippen molar-refractivity contribution in [2.45, 2.75) is 13.0 Å². The van der Waals surface area contributed by atoms with Gasteiger partial charge in [-0.3, -0.25) is 14.9 Å². The molecule has 10 heteroatoms. The average Bonchev–Trinajstić information content (AvgIpc) is 2.61. The van der Waals surface area contributed by atoms with Gasteiger partial charge in [0.15, 0.2) is 6.10 Å². The van der Waals surface area contributed by atoms with E-state index in [2.05, 4.69) is 5.32 Å². The molecule has 27 heavy (non-hydrogen) atoms. The first-order valence-electron chi connectivity index (χ1n) is 7.52. The molecular weight excluding hydrogens is 399 g/mol. The van der Waals surface area contributed by atoms with Crippen molar-refractivity contribution in [2.75, 3.05) is 12.4 Å². The van der Waals surface area contributed by atoms with Gasteiger partial charge in [0.1, 0.15) is 5.75 Å². The number of nitrogens with one attached hydrogen (secondary N) is 1. The van der Waals surface area contributed by atoms with Crippen LogP contribution in [-0.4, -0.2) is 30.0 Å². The van der Waals surface area contributed by atoms with E-state index in [4.69, 9.17) is 32.7 Å². The summed E-state index contributed by atoms with van der Waals surface area (Å²) in [5, 5.41) is 13.4. The molecule has 0 fully saturated rings. The number of esters is 1. The molecule has 2 rings (SSSR count). The van der Waals surface area contributed by atoms with E-state index in [1.165, 1.54) is 20.1 Å². The van der Waals surface area contributed by atoms with Gasteiger partial charge in [0.2, 0.25) is 0 Å². The van der Waals surface area contributed by atoms with E-state index in [9.17, 15) is 19.7 Å². The van der Waals surface area contributed by atoms with E-state index in [1.807, 2.05) is 0 Å². The molecule has 2 aromatic rings. The fourth-order valence-corrected chi connectivity index (χ4v) is 2.56. The van der Waals surface area contributed by atoms with Gasteiger partial charge in [-0.15, -0.1) is 0 Å². The number of ether oxygens (including phenoxy) is 2. The molecule has 0 spiro atoms. The number of carbonyl (C=O) groups excluding carboxylic acids is 2. The van der Waals surface area contributed by atoms with Gasteiger partial charge < -0.3 is 14.8 Å². The monoisotopic (exact) mass is 412 g/mol. The second kappa shape index (κ2) is 8.70. The summed E-state index contributed by atoms with van der Waals surface area (Å²) in [6.45, 7) is 1.37. The Kier molecular flexibility index (Phi) is 6.59. The van der Waals surface area contributed by atoms with Crippen LogP contribution in [0.15, 0.2) is 36.4 Å². The van der Waals surface area contributed by atoms with Gasteiger partial charge in [-0.25, -0.2) is 4.79 Å². The van der Waals surface area contributed by atoms with E-state index in [1.54, 1.807) is 12.1 Å². The zero-order valence-electron chi connectivity index (χ0n) is 14.2. The Hall–Kier alpha value is -2.84. The number of nitrogens with zero attached hydrogens (tertiary/aromatic N) is 1. The summed E-state index contributed by atoms with van der Waals surface area (Å²) in [5.41, 5.74) is 0.0372. The first-order chi connectivity index (χ1) is 12.7. The van der Waals surface area contributed by atoms with Gasteiger partial charge >= 0.3 is 5.97 Å². The third-order valence-electron chi connectivity index (χ3n) is 3.46. The first kappa shape index (κ1) is 20.5. The van der Waals surface area contributed by atoms with Crippen LogP contribution < -0.4 is 10.1 Å². The van der Waals surface area contributed by atoms with Gasteiger partial charge in [-0.05, 0) is 31.2 Å². The molecule has 2 aromatic carbocycles. The molecule has 0 unspecified atom stereocenters. The summed E-state index contributed by atoms with van der Waals surface area (Å²) >= 11 is 11.9. The Morgan fingerprint density at radius 3 is 2.41 bits per heavy atom. The van der Waals surface area contributed by atoms with Crippen LogP contribution in [-0.2, 0) is 9.53 Å². The zero-order chi connectivity index (χ0) is 20.1. The molecule has 1 amide bonds. The highest BCUT2D eigenvalue weighted by Crippen LogP contribution is 2.27. The molecule has 0 aliphatic carbocycles. The summed E-state index contributed by atoms with van der Waals surface area (Å²) in [6.07, 6.45) is -1.15. The van der Waals surface area contributed by atoms with E-state index in [0.717, 1.165) is 18.2 Å². The van der Waals surface area contributed by atoms with Crippen molar-refractivity contribution in [1.82, 2.24) is 0 Å². The summed E-state index contributed by atoms with van der Waals surface area (Å²) in [6, 6.07) is 7.95. The van der Waals surface area contributed by atoms with E-state index >= 15 is 0 Å². The smallest absolute Gasteiger partial charge is 0.340 e. The molecule has 0 saturated heterocycles. The maximum atomic E-state index is 12.2. The van der Waals surface area contributed by atoms with Gasteiger partial charge in [-0.1, -0.05) is 23.2 Å². The van der Waals surface area contributed by atoms with Crippen molar-refractivity contribution in [3.05, 3.63) is 62.1 Å². The molecule has 1 atom stereocenters. The number of methoxy groups -OCH3 is 1. The number of hydrogen-bond acceptors (Lipinski definition) is 6. The maximum absolute atomic E-state index is 12.2. The van der Waals surface area contributed by atoms with Crippen molar-refractivity contribution in [3.63, 3.8) is 0 Å². The summed E-state index contributed by atoms with van der Waals surface area (Å²) in [7, 11) is 1.46. The number of anilines is 1. The average molecular weight is 413 g/mol. The minimum absolute atomic E-state index is 0.0885. The molecular formula is C17H14Cl2N2O6. The molecule has 0 radical (unpaired) electrons. The highest BCUT2D eigenvalue weighted by molar-refractivity contribution is 6.34.